The number of halogens is 2. The van der Waals surface area contributed by atoms with Gasteiger partial charge in [-0.25, -0.2) is 0 Å². The molecule has 0 nitrogen and oxygen atoms in total. The van der Waals surface area contributed by atoms with E-state index in [1.807, 2.05) is 0 Å². The fourth-order valence-electron chi connectivity index (χ4n) is 2.98. The van der Waals surface area contributed by atoms with Gasteiger partial charge in [-0.05, 0) is 52.1 Å². The predicted octanol–water partition coefficient (Wildman–Crippen LogP) is 6.79. The summed E-state index contributed by atoms with van der Waals surface area (Å²) in [5.74, 6) is 1.65. The van der Waals surface area contributed by atoms with Gasteiger partial charge in [0.05, 0.1) is 5.38 Å². The van der Waals surface area contributed by atoms with Crippen molar-refractivity contribution in [3.63, 3.8) is 0 Å². The second-order valence-corrected chi connectivity index (χ2v) is 7.73. The van der Waals surface area contributed by atoms with E-state index < -0.39 is 0 Å². The first-order chi connectivity index (χ1) is 8.72. The Hall–Kier alpha value is 0.470. The van der Waals surface area contributed by atoms with Gasteiger partial charge in [-0.15, -0.1) is 22.9 Å². The molecule has 1 atom stereocenters. The number of unbranched alkanes of at least 4 members (excludes halogenated alkanes) is 1. The average Bonchev–Trinajstić information content (AvgIpc) is 2.82. The van der Waals surface area contributed by atoms with Crippen molar-refractivity contribution in [3.05, 3.63) is 20.8 Å². The molecule has 0 saturated heterocycles. The van der Waals surface area contributed by atoms with Gasteiger partial charge in [-0.3, -0.25) is 0 Å². The van der Waals surface area contributed by atoms with Crippen LogP contribution in [0.1, 0.15) is 62.1 Å². The molecule has 1 aliphatic carbocycles. The maximum atomic E-state index is 6.66. The molecular weight excluding hydrogens is 328 g/mol. The average molecular weight is 350 g/mol. The van der Waals surface area contributed by atoms with Gasteiger partial charge in [0.1, 0.15) is 0 Å². The number of alkyl halides is 1. The normalized spacial score (nSPS) is 26.2. The Morgan fingerprint density at radius 3 is 2.67 bits per heavy atom. The van der Waals surface area contributed by atoms with Crippen LogP contribution in [-0.2, 0) is 0 Å². The second-order valence-electron chi connectivity index (χ2n) is 5.46. The zero-order valence-electron chi connectivity index (χ0n) is 11.0. The van der Waals surface area contributed by atoms with Crippen LogP contribution in [0.4, 0.5) is 0 Å². The molecule has 0 bridgehead atoms. The summed E-state index contributed by atoms with van der Waals surface area (Å²) in [6.07, 6.45) is 9.56. The molecule has 0 spiro atoms. The molecule has 3 heteroatoms. The number of hydrogen-bond acceptors (Lipinski definition) is 1. The van der Waals surface area contributed by atoms with E-state index in [1.165, 1.54) is 54.3 Å². The van der Waals surface area contributed by atoms with E-state index in [-0.39, 0.29) is 5.38 Å². The SMILES string of the molecule is CCCCC1CCC(C(Cl)c2sccc2Br)CC1. The van der Waals surface area contributed by atoms with Crippen LogP contribution in [0.3, 0.4) is 0 Å². The van der Waals surface area contributed by atoms with E-state index >= 15 is 0 Å². The number of rotatable bonds is 5. The molecule has 1 unspecified atom stereocenters. The molecule has 1 aromatic rings. The minimum Gasteiger partial charge on any atom is -0.146 e. The summed E-state index contributed by atoms with van der Waals surface area (Å²) in [6, 6.07) is 2.11. The van der Waals surface area contributed by atoms with Gasteiger partial charge in [-0.1, -0.05) is 39.0 Å². The molecule has 1 heterocycles. The summed E-state index contributed by atoms with van der Waals surface area (Å²) >= 11 is 12.1. The summed E-state index contributed by atoms with van der Waals surface area (Å²) in [6.45, 7) is 2.29. The summed E-state index contributed by atoms with van der Waals surface area (Å²) in [7, 11) is 0. The van der Waals surface area contributed by atoms with Crippen molar-refractivity contribution in [2.45, 2.75) is 57.2 Å². The largest absolute Gasteiger partial charge is 0.146 e. The van der Waals surface area contributed by atoms with Gasteiger partial charge in [0.15, 0.2) is 0 Å². The van der Waals surface area contributed by atoms with E-state index in [9.17, 15) is 0 Å². The Morgan fingerprint density at radius 2 is 2.11 bits per heavy atom. The number of hydrogen-bond donors (Lipinski definition) is 0. The lowest BCUT2D eigenvalue weighted by molar-refractivity contribution is 0.255. The Morgan fingerprint density at radius 1 is 1.39 bits per heavy atom. The molecule has 0 amide bonds. The standard InChI is InChI=1S/C15H22BrClS/c1-2-3-4-11-5-7-12(8-6-11)14(17)15-13(16)9-10-18-15/h9-12,14H,2-8H2,1H3. The third-order valence-electron chi connectivity index (χ3n) is 4.17. The van der Waals surface area contributed by atoms with Crippen LogP contribution >= 0.6 is 38.9 Å². The van der Waals surface area contributed by atoms with Crippen LogP contribution in [0, 0.1) is 11.8 Å². The molecule has 18 heavy (non-hydrogen) atoms. The first-order valence-electron chi connectivity index (χ1n) is 7.09. The van der Waals surface area contributed by atoms with Crippen molar-refractivity contribution >= 4 is 38.9 Å². The maximum absolute atomic E-state index is 6.66. The molecule has 102 valence electrons. The van der Waals surface area contributed by atoms with Gasteiger partial charge in [0.25, 0.3) is 0 Å². The fourth-order valence-corrected chi connectivity index (χ4v) is 5.32. The Bertz CT molecular complexity index is 355. The summed E-state index contributed by atoms with van der Waals surface area (Å²) in [5, 5.41) is 2.34. The first kappa shape index (κ1) is 14.9. The van der Waals surface area contributed by atoms with Gasteiger partial charge >= 0.3 is 0 Å². The van der Waals surface area contributed by atoms with Crippen molar-refractivity contribution in [3.8, 4) is 0 Å². The van der Waals surface area contributed by atoms with Gasteiger partial charge in [-0.2, -0.15) is 0 Å². The molecule has 0 radical (unpaired) electrons. The fraction of sp³-hybridized carbons (Fsp3) is 0.733. The quantitative estimate of drug-likeness (QED) is 0.513. The van der Waals surface area contributed by atoms with Crippen molar-refractivity contribution in [2.24, 2.45) is 11.8 Å². The number of thiophene rings is 1. The lowest BCUT2D eigenvalue weighted by Gasteiger charge is -2.31. The molecule has 0 N–H and O–H groups in total. The molecular formula is C15H22BrClS. The zero-order valence-corrected chi connectivity index (χ0v) is 14.2. The topological polar surface area (TPSA) is 0 Å². The Balaban J connectivity index is 1.84. The highest BCUT2D eigenvalue weighted by molar-refractivity contribution is 9.10. The van der Waals surface area contributed by atoms with E-state index in [2.05, 4.69) is 34.3 Å². The van der Waals surface area contributed by atoms with Crippen LogP contribution in [0.2, 0.25) is 0 Å². The highest BCUT2D eigenvalue weighted by Crippen LogP contribution is 2.45. The van der Waals surface area contributed by atoms with Gasteiger partial charge in [0.2, 0.25) is 0 Å². The van der Waals surface area contributed by atoms with Gasteiger partial charge in [0, 0.05) is 9.35 Å². The zero-order chi connectivity index (χ0) is 13.0. The lowest BCUT2D eigenvalue weighted by Crippen LogP contribution is -2.17. The van der Waals surface area contributed by atoms with Crippen molar-refractivity contribution in [1.29, 1.82) is 0 Å². The van der Waals surface area contributed by atoms with E-state index in [4.69, 9.17) is 11.6 Å². The van der Waals surface area contributed by atoms with E-state index in [0.29, 0.717) is 5.92 Å². The molecule has 1 fully saturated rings. The van der Waals surface area contributed by atoms with Crippen molar-refractivity contribution in [2.75, 3.05) is 0 Å². The van der Waals surface area contributed by atoms with Crippen LogP contribution in [0.25, 0.3) is 0 Å². The minimum absolute atomic E-state index is 0.214. The lowest BCUT2D eigenvalue weighted by atomic mass is 9.78. The summed E-state index contributed by atoms with van der Waals surface area (Å²) in [5.41, 5.74) is 0. The van der Waals surface area contributed by atoms with Crippen LogP contribution in [0.5, 0.6) is 0 Å². The molecule has 2 rings (SSSR count). The molecule has 1 aromatic heterocycles. The smallest absolute Gasteiger partial charge is 0.0718 e. The molecule has 0 aliphatic heterocycles. The predicted molar refractivity (Wildman–Crippen MR) is 85.6 cm³/mol. The third kappa shape index (κ3) is 3.74. The highest BCUT2D eigenvalue weighted by Gasteiger charge is 2.28. The van der Waals surface area contributed by atoms with E-state index in [0.717, 1.165) is 5.92 Å². The Kier molecular flexibility index (Phi) is 6.03. The van der Waals surface area contributed by atoms with Crippen LogP contribution < -0.4 is 0 Å². The molecule has 1 saturated carbocycles. The summed E-state index contributed by atoms with van der Waals surface area (Å²) in [4.78, 5) is 1.33. The van der Waals surface area contributed by atoms with Gasteiger partial charge < -0.3 is 0 Å². The summed E-state index contributed by atoms with van der Waals surface area (Å²) < 4.78 is 1.20. The second kappa shape index (κ2) is 7.31. The van der Waals surface area contributed by atoms with Crippen molar-refractivity contribution < 1.29 is 0 Å². The molecule has 0 aromatic carbocycles. The maximum Gasteiger partial charge on any atom is 0.0718 e. The van der Waals surface area contributed by atoms with Crippen molar-refractivity contribution in [1.82, 2.24) is 0 Å². The third-order valence-corrected chi connectivity index (χ3v) is 6.82. The van der Waals surface area contributed by atoms with E-state index in [1.54, 1.807) is 11.3 Å². The van der Waals surface area contributed by atoms with Crippen LogP contribution in [-0.4, -0.2) is 0 Å². The molecule has 1 aliphatic rings. The van der Waals surface area contributed by atoms with Crippen LogP contribution in [0.15, 0.2) is 15.9 Å². The highest BCUT2D eigenvalue weighted by atomic mass is 79.9. The first-order valence-corrected chi connectivity index (χ1v) is 9.20. The Labute approximate surface area is 128 Å². The minimum atomic E-state index is 0.214. The monoisotopic (exact) mass is 348 g/mol.